The van der Waals surface area contributed by atoms with Gasteiger partial charge in [-0.1, -0.05) is 19.0 Å². The van der Waals surface area contributed by atoms with Crippen molar-refractivity contribution in [3.8, 4) is 0 Å². The molecule has 4 nitrogen and oxygen atoms in total. The summed E-state index contributed by atoms with van der Waals surface area (Å²) in [7, 11) is 0. The van der Waals surface area contributed by atoms with Gasteiger partial charge in [0.1, 0.15) is 11.5 Å². The molecule has 1 aliphatic rings. The number of aryl methyl sites for hydroxylation is 2. The Morgan fingerprint density at radius 1 is 1.30 bits per heavy atom. The van der Waals surface area contributed by atoms with E-state index in [0.717, 1.165) is 34.8 Å². The summed E-state index contributed by atoms with van der Waals surface area (Å²) < 4.78 is 7.33. The van der Waals surface area contributed by atoms with Crippen molar-refractivity contribution in [1.82, 2.24) is 9.72 Å². The number of fused-ring (bicyclic) bond motifs is 1. The second-order valence-corrected chi connectivity index (χ2v) is 6.60. The molecule has 0 saturated carbocycles. The summed E-state index contributed by atoms with van der Waals surface area (Å²) in [5.41, 5.74) is 4.08. The molecule has 3 rings (SSSR count). The van der Waals surface area contributed by atoms with E-state index >= 15 is 0 Å². The average molecular weight is 272 g/mol. The molecule has 0 saturated heterocycles. The number of carbonyl (C=O) groups excluding carboxylic acids is 1. The normalized spacial score (nSPS) is 17.3. The van der Waals surface area contributed by atoms with Crippen molar-refractivity contribution in [1.29, 1.82) is 0 Å². The first kappa shape index (κ1) is 13.2. The lowest BCUT2D eigenvalue weighted by molar-refractivity contribution is 0.0910. The van der Waals surface area contributed by atoms with Crippen molar-refractivity contribution in [2.75, 3.05) is 0 Å². The van der Waals surface area contributed by atoms with Crippen LogP contribution in [0.1, 0.15) is 53.5 Å². The minimum Gasteiger partial charge on any atom is -0.361 e. The third-order valence-electron chi connectivity index (χ3n) is 4.00. The Hall–Kier alpha value is -1.84. The molecule has 1 aliphatic carbocycles. The molecule has 0 amide bonds. The average Bonchev–Trinajstić information content (AvgIpc) is 2.86. The summed E-state index contributed by atoms with van der Waals surface area (Å²) in [6.45, 7) is 8.91. The molecule has 0 spiro atoms. The van der Waals surface area contributed by atoms with E-state index in [1.807, 2.05) is 26.0 Å². The molecular formula is C16H20N2O2. The lowest BCUT2D eigenvalue weighted by Gasteiger charge is -2.29. The second kappa shape index (κ2) is 4.33. The van der Waals surface area contributed by atoms with Crippen LogP contribution >= 0.6 is 0 Å². The highest BCUT2D eigenvalue weighted by Crippen LogP contribution is 2.36. The van der Waals surface area contributed by atoms with Gasteiger partial charge in [0.15, 0.2) is 5.78 Å². The van der Waals surface area contributed by atoms with Crippen LogP contribution < -0.4 is 0 Å². The Balaban J connectivity index is 2.02. The third kappa shape index (κ3) is 2.19. The summed E-state index contributed by atoms with van der Waals surface area (Å²) in [5, 5.41) is 4.06. The molecule has 0 aromatic carbocycles. The molecule has 20 heavy (non-hydrogen) atoms. The first-order valence-electron chi connectivity index (χ1n) is 7.00. The Labute approximate surface area is 118 Å². The van der Waals surface area contributed by atoms with Crippen molar-refractivity contribution >= 4 is 5.78 Å². The van der Waals surface area contributed by atoms with E-state index in [2.05, 4.69) is 23.6 Å². The number of carbonyl (C=O) groups is 1. The van der Waals surface area contributed by atoms with Gasteiger partial charge in [-0.2, -0.15) is 0 Å². The highest BCUT2D eigenvalue weighted by molar-refractivity contribution is 5.99. The van der Waals surface area contributed by atoms with E-state index in [9.17, 15) is 4.79 Å². The zero-order chi connectivity index (χ0) is 14.5. The van der Waals surface area contributed by atoms with Crippen molar-refractivity contribution in [3.05, 3.63) is 40.5 Å². The zero-order valence-corrected chi connectivity index (χ0v) is 12.5. The predicted molar refractivity (Wildman–Crippen MR) is 75.9 cm³/mol. The van der Waals surface area contributed by atoms with Crippen LogP contribution in [-0.4, -0.2) is 15.5 Å². The van der Waals surface area contributed by atoms with E-state index < -0.39 is 0 Å². The Kier molecular flexibility index (Phi) is 2.85. The summed E-state index contributed by atoms with van der Waals surface area (Å²) in [6.07, 6.45) is 1.56. The maximum atomic E-state index is 12.3. The zero-order valence-electron chi connectivity index (χ0n) is 12.5. The molecular weight excluding hydrogens is 252 g/mol. The lowest BCUT2D eigenvalue weighted by atomic mass is 9.76. The molecule has 106 valence electrons. The van der Waals surface area contributed by atoms with Crippen molar-refractivity contribution in [3.63, 3.8) is 0 Å². The number of Topliss-reactive ketones (excluding diaryl/α,β-unsaturated/α-hetero) is 1. The summed E-state index contributed by atoms with van der Waals surface area (Å²) >= 11 is 0. The number of ketones is 1. The number of aromatic nitrogens is 2. The fraction of sp³-hybridized carbons (Fsp3) is 0.500. The first-order chi connectivity index (χ1) is 9.35. The molecule has 4 heteroatoms. The highest BCUT2D eigenvalue weighted by atomic mass is 16.5. The molecule has 0 unspecified atom stereocenters. The Bertz CT molecular complexity index is 677. The second-order valence-electron chi connectivity index (χ2n) is 6.60. The highest BCUT2D eigenvalue weighted by Gasteiger charge is 2.33. The number of hydrogen-bond acceptors (Lipinski definition) is 3. The van der Waals surface area contributed by atoms with Crippen molar-refractivity contribution in [2.24, 2.45) is 5.41 Å². The van der Waals surface area contributed by atoms with E-state index in [1.54, 1.807) is 0 Å². The monoisotopic (exact) mass is 272 g/mol. The van der Waals surface area contributed by atoms with Crippen LogP contribution in [0.5, 0.6) is 0 Å². The van der Waals surface area contributed by atoms with Gasteiger partial charge in [-0.05, 0) is 31.7 Å². The first-order valence-corrected chi connectivity index (χ1v) is 7.00. The third-order valence-corrected chi connectivity index (χ3v) is 4.00. The van der Waals surface area contributed by atoms with Crippen LogP contribution in [0.2, 0.25) is 0 Å². The molecule has 0 fully saturated rings. The van der Waals surface area contributed by atoms with Gasteiger partial charge in [-0.15, -0.1) is 0 Å². The van der Waals surface area contributed by atoms with Gasteiger partial charge in [0.2, 0.25) is 0 Å². The maximum absolute atomic E-state index is 12.3. The van der Waals surface area contributed by atoms with Crippen LogP contribution in [0.15, 0.2) is 16.7 Å². The molecule has 0 radical (unpaired) electrons. The minimum atomic E-state index is 0.0341. The van der Waals surface area contributed by atoms with Crippen molar-refractivity contribution < 1.29 is 9.32 Å². The summed E-state index contributed by atoms with van der Waals surface area (Å²) in [4.78, 5) is 12.3. The van der Waals surface area contributed by atoms with E-state index in [4.69, 9.17) is 4.52 Å². The van der Waals surface area contributed by atoms with Gasteiger partial charge in [0.05, 0.1) is 6.54 Å². The molecule has 2 aromatic heterocycles. The van der Waals surface area contributed by atoms with Crippen LogP contribution in [0, 0.1) is 19.3 Å². The molecule has 0 bridgehead atoms. The van der Waals surface area contributed by atoms with Gasteiger partial charge in [0.25, 0.3) is 0 Å². The van der Waals surface area contributed by atoms with Crippen LogP contribution in [0.3, 0.4) is 0 Å². The topological polar surface area (TPSA) is 48.0 Å². The van der Waals surface area contributed by atoms with Gasteiger partial charge in [-0.25, -0.2) is 0 Å². The molecule has 0 atom stereocenters. The maximum Gasteiger partial charge on any atom is 0.165 e. The van der Waals surface area contributed by atoms with E-state index in [1.165, 1.54) is 0 Å². The molecule has 2 heterocycles. The van der Waals surface area contributed by atoms with Gasteiger partial charge in [-0.3, -0.25) is 4.79 Å². The SMILES string of the molecule is Cc1cc(Cn2c(C)cc3c2CC(C)(C)CC3=O)no1. The quantitative estimate of drug-likeness (QED) is 0.842. The van der Waals surface area contributed by atoms with E-state index in [0.29, 0.717) is 13.0 Å². The molecule has 2 aromatic rings. The lowest BCUT2D eigenvalue weighted by Crippen LogP contribution is -2.28. The van der Waals surface area contributed by atoms with Crippen LogP contribution in [-0.2, 0) is 13.0 Å². The number of nitrogens with zero attached hydrogens (tertiary/aromatic N) is 2. The van der Waals surface area contributed by atoms with Gasteiger partial charge >= 0.3 is 0 Å². The smallest absolute Gasteiger partial charge is 0.165 e. The summed E-state index contributed by atoms with van der Waals surface area (Å²) in [6, 6.07) is 3.96. The van der Waals surface area contributed by atoms with Crippen LogP contribution in [0.25, 0.3) is 0 Å². The fourth-order valence-corrected chi connectivity index (χ4v) is 3.08. The molecule has 0 N–H and O–H groups in total. The van der Waals surface area contributed by atoms with Crippen molar-refractivity contribution in [2.45, 2.75) is 47.1 Å². The molecule has 0 aliphatic heterocycles. The Morgan fingerprint density at radius 3 is 2.70 bits per heavy atom. The Morgan fingerprint density at radius 2 is 2.05 bits per heavy atom. The summed E-state index contributed by atoms with van der Waals surface area (Å²) in [5.74, 6) is 1.07. The number of hydrogen-bond donors (Lipinski definition) is 0. The van der Waals surface area contributed by atoms with Crippen LogP contribution in [0.4, 0.5) is 0 Å². The minimum absolute atomic E-state index is 0.0341. The number of rotatable bonds is 2. The standard InChI is InChI=1S/C16H20N2O2/c1-10-5-13-14(7-16(3,4)8-15(13)19)18(10)9-12-6-11(2)20-17-12/h5-6H,7-9H2,1-4H3. The van der Waals surface area contributed by atoms with Gasteiger partial charge in [0, 0.05) is 29.4 Å². The largest absolute Gasteiger partial charge is 0.361 e. The van der Waals surface area contributed by atoms with E-state index in [-0.39, 0.29) is 11.2 Å². The van der Waals surface area contributed by atoms with Gasteiger partial charge < -0.3 is 9.09 Å². The fourth-order valence-electron chi connectivity index (χ4n) is 3.08. The predicted octanol–water partition coefficient (Wildman–Crippen LogP) is 3.30.